The molecular formula is C16H20ClN3O. The van der Waals surface area contributed by atoms with E-state index in [2.05, 4.69) is 11.4 Å². The monoisotopic (exact) mass is 305 g/mol. The van der Waals surface area contributed by atoms with E-state index in [1.807, 2.05) is 23.1 Å². The molecule has 0 aromatic heterocycles. The summed E-state index contributed by atoms with van der Waals surface area (Å²) >= 11 is 0. The lowest BCUT2D eigenvalue weighted by molar-refractivity contribution is -0.132. The van der Waals surface area contributed by atoms with Gasteiger partial charge in [-0.05, 0) is 57.0 Å². The molecule has 1 spiro atoms. The molecule has 1 amide bonds. The molecule has 1 aromatic carbocycles. The molecule has 0 saturated carbocycles. The number of amides is 1. The number of nitrogens with zero attached hydrogens (tertiary/aromatic N) is 2. The summed E-state index contributed by atoms with van der Waals surface area (Å²) in [7, 11) is 0. The van der Waals surface area contributed by atoms with Crippen molar-refractivity contribution in [1.29, 1.82) is 5.26 Å². The SMILES string of the molecule is Cl.N#Cc1cccc(N2CCCC3(CCNCC3)C2=O)c1. The van der Waals surface area contributed by atoms with Gasteiger partial charge in [0.1, 0.15) is 0 Å². The van der Waals surface area contributed by atoms with E-state index in [4.69, 9.17) is 5.26 Å². The van der Waals surface area contributed by atoms with Gasteiger partial charge in [0.05, 0.1) is 17.0 Å². The maximum atomic E-state index is 12.9. The smallest absolute Gasteiger partial charge is 0.233 e. The lowest BCUT2D eigenvalue weighted by atomic mass is 9.72. The summed E-state index contributed by atoms with van der Waals surface area (Å²) in [6, 6.07) is 9.52. The summed E-state index contributed by atoms with van der Waals surface area (Å²) in [5, 5.41) is 12.3. The van der Waals surface area contributed by atoms with Gasteiger partial charge in [-0.25, -0.2) is 0 Å². The highest BCUT2D eigenvalue weighted by atomic mass is 35.5. The Balaban J connectivity index is 0.00000161. The van der Waals surface area contributed by atoms with E-state index in [0.29, 0.717) is 5.56 Å². The third kappa shape index (κ3) is 2.90. The average molecular weight is 306 g/mol. The molecule has 2 saturated heterocycles. The lowest BCUT2D eigenvalue weighted by Gasteiger charge is -2.44. The zero-order valence-corrected chi connectivity index (χ0v) is 12.8. The van der Waals surface area contributed by atoms with Crippen LogP contribution in [0.15, 0.2) is 24.3 Å². The van der Waals surface area contributed by atoms with Crippen molar-refractivity contribution in [2.75, 3.05) is 24.5 Å². The molecule has 2 aliphatic rings. The number of hydrogen-bond acceptors (Lipinski definition) is 3. The summed E-state index contributed by atoms with van der Waals surface area (Å²) in [6.45, 7) is 2.62. The number of carbonyl (C=O) groups is 1. The fraction of sp³-hybridized carbons (Fsp3) is 0.500. The van der Waals surface area contributed by atoms with Gasteiger partial charge in [0, 0.05) is 12.2 Å². The van der Waals surface area contributed by atoms with Gasteiger partial charge >= 0.3 is 0 Å². The third-order valence-corrected chi connectivity index (χ3v) is 4.58. The molecule has 2 aliphatic heterocycles. The predicted octanol–water partition coefficient (Wildman–Crippen LogP) is 2.48. The number of nitriles is 1. The Hall–Kier alpha value is -1.57. The zero-order valence-electron chi connectivity index (χ0n) is 12.0. The maximum absolute atomic E-state index is 12.9. The molecule has 1 aromatic rings. The van der Waals surface area contributed by atoms with Crippen molar-refractivity contribution in [2.45, 2.75) is 25.7 Å². The highest BCUT2D eigenvalue weighted by molar-refractivity contribution is 5.98. The van der Waals surface area contributed by atoms with E-state index in [-0.39, 0.29) is 23.7 Å². The van der Waals surface area contributed by atoms with Gasteiger partial charge in [0.25, 0.3) is 0 Å². The fourth-order valence-electron chi connectivity index (χ4n) is 3.43. The Morgan fingerprint density at radius 2 is 2.00 bits per heavy atom. The van der Waals surface area contributed by atoms with Crippen molar-refractivity contribution < 1.29 is 4.79 Å². The van der Waals surface area contributed by atoms with Gasteiger partial charge in [0.15, 0.2) is 0 Å². The number of piperidine rings is 2. The van der Waals surface area contributed by atoms with Crippen LogP contribution in [0.4, 0.5) is 5.69 Å². The standard InChI is InChI=1S/C16H19N3O.ClH/c17-12-13-3-1-4-14(11-13)19-10-2-5-16(15(19)20)6-8-18-9-7-16;/h1,3-4,11,18H,2,5-10H2;1H. The minimum atomic E-state index is -0.174. The van der Waals surface area contributed by atoms with Crippen LogP contribution < -0.4 is 10.2 Å². The Morgan fingerprint density at radius 3 is 2.71 bits per heavy atom. The second kappa shape index (κ2) is 6.46. The van der Waals surface area contributed by atoms with Crippen LogP contribution in [0, 0.1) is 16.7 Å². The van der Waals surface area contributed by atoms with E-state index in [1.165, 1.54) is 0 Å². The van der Waals surface area contributed by atoms with Crippen molar-refractivity contribution in [1.82, 2.24) is 5.32 Å². The minimum Gasteiger partial charge on any atom is -0.317 e. The summed E-state index contributed by atoms with van der Waals surface area (Å²) < 4.78 is 0. The maximum Gasteiger partial charge on any atom is 0.233 e. The number of halogens is 1. The number of nitrogens with one attached hydrogen (secondary N) is 1. The summed E-state index contributed by atoms with van der Waals surface area (Å²) in [5.41, 5.74) is 1.30. The molecule has 0 atom stereocenters. The molecule has 0 aliphatic carbocycles. The Morgan fingerprint density at radius 1 is 1.24 bits per heavy atom. The van der Waals surface area contributed by atoms with Crippen LogP contribution >= 0.6 is 12.4 Å². The largest absolute Gasteiger partial charge is 0.317 e. The second-order valence-corrected chi connectivity index (χ2v) is 5.75. The molecule has 2 fully saturated rings. The predicted molar refractivity (Wildman–Crippen MR) is 84.5 cm³/mol. The van der Waals surface area contributed by atoms with Crippen LogP contribution in [0.5, 0.6) is 0 Å². The topological polar surface area (TPSA) is 56.1 Å². The first-order valence-electron chi connectivity index (χ1n) is 7.28. The van der Waals surface area contributed by atoms with E-state index in [9.17, 15) is 4.79 Å². The quantitative estimate of drug-likeness (QED) is 0.867. The van der Waals surface area contributed by atoms with Crippen LogP contribution in [0.1, 0.15) is 31.2 Å². The molecule has 112 valence electrons. The van der Waals surface area contributed by atoms with Gasteiger partial charge in [-0.1, -0.05) is 6.07 Å². The summed E-state index contributed by atoms with van der Waals surface area (Å²) in [5.74, 6) is 0.250. The van der Waals surface area contributed by atoms with Crippen molar-refractivity contribution in [3.8, 4) is 6.07 Å². The number of benzene rings is 1. The first-order valence-corrected chi connectivity index (χ1v) is 7.28. The molecule has 3 rings (SSSR count). The highest BCUT2D eigenvalue weighted by Crippen LogP contribution is 2.40. The molecule has 5 heteroatoms. The third-order valence-electron chi connectivity index (χ3n) is 4.58. The van der Waals surface area contributed by atoms with E-state index >= 15 is 0 Å². The molecule has 21 heavy (non-hydrogen) atoms. The first-order chi connectivity index (χ1) is 9.75. The van der Waals surface area contributed by atoms with E-state index < -0.39 is 0 Å². The van der Waals surface area contributed by atoms with Crippen LogP contribution in [-0.4, -0.2) is 25.5 Å². The minimum absolute atomic E-state index is 0. The molecular weight excluding hydrogens is 286 g/mol. The first kappa shape index (κ1) is 15.8. The molecule has 4 nitrogen and oxygen atoms in total. The fourth-order valence-corrected chi connectivity index (χ4v) is 3.43. The van der Waals surface area contributed by atoms with Crippen molar-refractivity contribution in [3.05, 3.63) is 29.8 Å². The normalized spacial score (nSPS) is 20.7. The Bertz CT molecular complexity index is 555. The van der Waals surface area contributed by atoms with Crippen LogP contribution in [-0.2, 0) is 4.79 Å². The lowest BCUT2D eigenvalue weighted by Crippen LogP contribution is -2.53. The van der Waals surface area contributed by atoms with Gasteiger partial charge in [-0.2, -0.15) is 5.26 Å². The molecule has 0 radical (unpaired) electrons. The van der Waals surface area contributed by atoms with Gasteiger partial charge < -0.3 is 10.2 Å². The molecule has 2 heterocycles. The Kier molecular flexibility index (Phi) is 4.87. The van der Waals surface area contributed by atoms with Crippen molar-refractivity contribution >= 4 is 24.0 Å². The Labute approximate surface area is 131 Å². The second-order valence-electron chi connectivity index (χ2n) is 5.75. The average Bonchev–Trinajstić information content (AvgIpc) is 2.51. The summed E-state index contributed by atoms with van der Waals surface area (Å²) in [6.07, 6.45) is 3.91. The van der Waals surface area contributed by atoms with Crippen LogP contribution in [0.25, 0.3) is 0 Å². The highest BCUT2D eigenvalue weighted by Gasteiger charge is 2.44. The van der Waals surface area contributed by atoms with E-state index in [1.54, 1.807) is 6.07 Å². The van der Waals surface area contributed by atoms with Gasteiger partial charge in [-0.15, -0.1) is 12.4 Å². The zero-order chi connectivity index (χ0) is 14.0. The number of anilines is 1. The molecule has 0 bridgehead atoms. The number of carbonyl (C=O) groups excluding carboxylic acids is 1. The number of hydrogen-bond donors (Lipinski definition) is 1. The van der Waals surface area contributed by atoms with Crippen LogP contribution in [0.3, 0.4) is 0 Å². The molecule has 0 unspecified atom stereocenters. The van der Waals surface area contributed by atoms with Crippen molar-refractivity contribution in [3.63, 3.8) is 0 Å². The molecule has 1 N–H and O–H groups in total. The summed E-state index contributed by atoms with van der Waals surface area (Å²) in [4.78, 5) is 14.8. The van der Waals surface area contributed by atoms with Crippen molar-refractivity contribution in [2.24, 2.45) is 5.41 Å². The van der Waals surface area contributed by atoms with E-state index in [0.717, 1.165) is 51.0 Å². The number of rotatable bonds is 1. The van der Waals surface area contributed by atoms with Gasteiger partial charge in [-0.3, -0.25) is 4.79 Å². The van der Waals surface area contributed by atoms with Crippen LogP contribution in [0.2, 0.25) is 0 Å². The van der Waals surface area contributed by atoms with Gasteiger partial charge in [0.2, 0.25) is 5.91 Å².